The molecular weight excluding hydrogens is 278 g/mol. The Bertz CT molecular complexity index is 519. The summed E-state index contributed by atoms with van der Waals surface area (Å²) in [6.07, 6.45) is 1.79. The molecule has 1 aliphatic heterocycles. The normalized spacial score (nSPS) is 16.5. The molecule has 1 saturated heterocycles. The molecule has 1 heterocycles. The molecule has 0 aliphatic carbocycles. The number of methoxy groups -OCH3 is 1. The molecule has 1 aliphatic rings. The number of benzene rings is 1. The molecule has 0 bridgehead atoms. The van der Waals surface area contributed by atoms with Gasteiger partial charge in [0, 0.05) is 6.54 Å². The van der Waals surface area contributed by atoms with Crippen LogP contribution in [0.4, 0.5) is 0 Å². The molecule has 1 aromatic carbocycles. The maximum atomic E-state index is 11.8. The van der Waals surface area contributed by atoms with Crippen molar-refractivity contribution >= 4 is 5.97 Å². The minimum absolute atomic E-state index is 0.0291. The minimum Gasteiger partial charge on any atom is -0.496 e. The Morgan fingerprint density at radius 3 is 2.50 bits per heavy atom. The Morgan fingerprint density at radius 2 is 1.91 bits per heavy atom. The Kier molecular flexibility index (Phi) is 5.83. The molecule has 0 radical (unpaired) electrons. The third-order valence-electron chi connectivity index (χ3n) is 4.45. The van der Waals surface area contributed by atoms with Crippen LogP contribution in [0.25, 0.3) is 0 Å². The molecule has 0 spiro atoms. The average Bonchev–Trinajstić information content (AvgIpc) is 2.51. The summed E-state index contributed by atoms with van der Waals surface area (Å²) in [4.78, 5) is 14.2. The molecule has 1 aromatic rings. The molecule has 2 rings (SSSR count). The second kappa shape index (κ2) is 7.63. The Labute approximate surface area is 133 Å². The third-order valence-corrected chi connectivity index (χ3v) is 4.45. The van der Waals surface area contributed by atoms with Crippen LogP contribution in [-0.2, 0) is 16.1 Å². The van der Waals surface area contributed by atoms with Gasteiger partial charge in [0.05, 0.1) is 19.6 Å². The Hall–Kier alpha value is -1.55. The zero-order valence-electron chi connectivity index (χ0n) is 14.1. The van der Waals surface area contributed by atoms with Crippen LogP contribution in [0.15, 0.2) is 12.1 Å². The number of aryl methyl sites for hydroxylation is 2. The van der Waals surface area contributed by atoms with Gasteiger partial charge in [0.1, 0.15) is 5.75 Å². The van der Waals surface area contributed by atoms with E-state index in [0.717, 1.165) is 38.2 Å². The van der Waals surface area contributed by atoms with Crippen molar-refractivity contribution in [1.82, 2.24) is 4.90 Å². The molecular formula is C18H27NO3. The van der Waals surface area contributed by atoms with Crippen LogP contribution in [0, 0.1) is 19.8 Å². The van der Waals surface area contributed by atoms with Gasteiger partial charge in [0.25, 0.3) is 0 Å². The molecule has 0 unspecified atom stereocenters. The number of carbonyl (C=O) groups is 1. The number of likely N-dealkylation sites (tertiary alicyclic amines) is 1. The van der Waals surface area contributed by atoms with Gasteiger partial charge >= 0.3 is 5.97 Å². The SMILES string of the molecule is CCOC(=O)C1CCN(Cc2cc(C)c(OC)cc2C)CC1. The molecule has 4 heteroatoms. The van der Waals surface area contributed by atoms with Gasteiger partial charge in [-0.05, 0) is 69.5 Å². The van der Waals surface area contributed by atoms with Crippen LogP contribution in [-0.4, -0.2) is 37.7 Å². The van der Waals surface area contributed by atoms with E-state index in [9.17, 15) is 4.79 Å². The third kappa shape index (κ3) is 4.01. The highest BCUT2D eigenvalue weighted by molar-refractivity contribution is 5.72. The van der Waals surface area contributed by atoms with Crippen LogP contribution in [0.1, 0.15) is 36.5 Å². The first kappa shape index (κ1) is 16.8. The van der Waals surface area contributed by atoms with Gasteiger partial charge in [0.15, 0.2) is 0 Å². The van der Waals surface area contributed by atoms with Crippen LogP contribution in [0.2, 0.25) is 0 Å². The lowest BCUT2D eigenvalue weighted by Crippen LogP contribution is -2.36. The molecule has 4 nitrogen and oxygen atoms in total. The van der Waals surface area contributed by atoms with Gasteiger partial charge < -0.3 is 9.47 Å². The summed E-state index contributed by atoms with van der Waals surface area (Å²) in [5, 5.41) is 0. The Balaban J connectivity index is 1.94. The number of hydrogen-bond donors (Lipinski definition) is 0. The predicted molar refractivity (Wildman–Crippen MR) is 87.1 cm³/mol. The highest BCUT2D eigenvalue weighted by Gasteiger charge is 2.26. The summed E-state index contributed by atoms with van der Waals surface area (Å²) in [6.45, 7) is 9.39. The van der Waals surface area contributed by atoms with Crippen molar-refractivity contribution in [2.75, 3.05) is 26.8 Å². The fourth-order valence-electron chi connectivity index (χ4n) is 3.07. The van der Waals surface area contributed by atoms with E-state index in [1.807, 2.05) is 6.92 Å². The summed E-state index contributed by atoms with van der Waals surface area (Å²) < 4.78 is 10.5. The summed E-state index contributed by atoms with van der Waals surface area (Å²) in [5.74, 6) is 0.996. The number of nitrogens with zero attached hydrogens (tertiary/aromatic N) is 1. The monoisotopic (exact) mass is 305 g/mol. The minimum atomic E-state index is -0.0291. The van der Waals surface area contributed by atoms with Gasteiger partial charge in [-0.2, -0.15) is 0 Å². The predicted octanol–water partition coefficient (Wildman–Crippen LogP) is 3.09. The van der Waals surface area contributed by atoms with E-state index in [0.29, 0.717) is 6.61 Å². The van der Waals surface area contributed by atoms with Gasteiger partial charge in [-0.3, -0.25) is 9.69 Å². The van der Waals surface area contributed by atoms with Gasteiger partial charge in [-0.25, -0.2) is 0 Å². The summed E-state index contributed by atoms with van der Waals surface area (Å²) in [6, 6.07) is 4.32. The van der Waals surface area contributed by atoms with Gasteiger partial charge in [-0.15, -0.1) is 0 Å². The number of carbonyl (C=O) groups excluding carboxylic acids is 1. The van der Waals surface area contributed by atoms with Gasteiger partial charge in [-0.1, -0.05) is 6.07 Å². The van der Waals surface area contributed by atoms with E-state index in [1.165, 1.54) is 16.7 Å². The van der Waals surface area contributed by atoms with Crippen LogP contribution in [0.5, 0.6) is 5.75 Å². The maximum Gasteiger partial charge on any atom is 0.309 e. The highest BCUT2D eigenvalue weighted by atomic mass is 16.5. The van der Waals surface area contributed by atoms with Crippen molar-refractivity contribution in [2.45, 2.75) is 40.2 Å². The molecule has 0 atom stereocenters. The van der Waals surface area contributed by atoms with Crippen molar-refractivity contribution in [3.8, 4) is 5.75 Å². The lowest BCUT2D eigenvalue weighted by molar-refractivity contribution is -0.149. The quantitative estimate of drug-likeness (QED) is 0.784. The number of esters is 1. The second-order valence-corrected chi connectivity index (χ2v) is 6.05. The second-order valence-electron chi connectivity index (χ2n) is 6.05. The molecule has 0 aromatic heterocycles. The van der Waals surface area contributed by atoms with Crippen molar-refractivity contribution in [3.63, 3.8) is 0 Å². The fraction of sp³-hybridized carbons (Fsp3) is 0.611. The van der Waals surface area contributed by atoms with Crippen molar-refractivity contribution < 1.29 is 14.3 Å². The maximum absolute atomic E-state index is 11.8. The van der Waals surface area contributed by atoms with E-state index in [2.05, 4.69) is 30.9 Å². The number of piperidine rings is 1. The largest absolute Gasteiger partial charge is 0.496 e. The molecule has 122 valence electrons. The van der Waals surface area contributed by atoms with E-state index in [-0.39, 0.29) is 11.9 Å². The van der Waals surface area contributed by atoms with E-state index >= 15 is 0 Å². The molecule has 22 heavy (non-hydrogen) atoms. The van der Waals surface area contributed by atoms with Crippen molar-refractivity contribution in [3.05, 3.63) is 28.8 Å². The fourth-order valence-corrected chi connectivity index (χ4v) is 3.07. The standard InChI is InChI=1S/C18H27NO3/c1-5-22-18(20)15-6-8-19(9-7-15)12-16-10-14(3)17(21-4)11-13(16)2/h10-11,15H,5-9,12H2,1-4H3. The van der Waals surface area contributed by atoms with E-state index in [4.69, 9.17) is 9.47 Å². The number of rotatable bonds is 5. The number of hydrogen-bond acceptors (Lipinski definition) is 4. The summed E-state index contributed by atoms with van der Waals surface area (Å²) >= 11 is 0. The highest BCUT2D eigenvalue weighted by Crippen LogP contribution is 2.25. The van der Waals surface area contributed by atoms with E-state index < -0.39 is 0 Å². The molecule has 0 saturated carbocycles. The zero-order chi connectivity index (χ0) is 16.1. The summed E-state index contributed by atoms with van der Waals surface area (Å²) in [5.41, 5.74) is 3.77. The Morgan fingerprint density at radius 1 is 1.23 bits per heavy atom. The average molecular weight is 305 g/mol. The molecule has 0 N–H and O–H groups in total. The zero-order valence-corrected chi connectivity index (χ0v) is 14.1. The topological polar surface area (TPSA) is 38.8 Å². The van der Waals surface area contributed by atoms with Crippen molar-refractivity contribution in [1.29, 1.82) is 0 Å². The van der Waals surface area contributed by atoms with Crippen LogP contribution in [0.3, 0.4) is 0 Å². The van der Waals surface area contributed by atoms with Gasteiger partial charge in [0.2, 0.25) is 0 Å². The lowest BCUT2D eigenvalue weighted by atomic mass is 9.96. The molecule has 0 amide bonds. The molecule has 1 fully saturated rings. The lowest BCUT2D eigenvalue weighted by Gasteiger charge is -2.31. The smallest absolute Gasteiger partial charge is 0.309 e. The summed E-state index contributed by atoms with van der Waals surface area (Å²) in [7, 11) is 1.71. The van der Waals surface area contributed by atoms with Crippen molar-refractivity contribution in [2.24, 2.45) is 5.92 Å². The van der Waals surface area contributed by atoms with Crippen LogP contribution < -0.4 is 4.74 Å². The van der Waals surface area contributed by atoms with Crippen LogP contribution >= 0.6 is 0 Å². The first-order valence-electron chi connectivity index (χ1n) is 8.08. The number of ether oxygens (including phenoxy) is 2. The first-order valence-corrected chi connectivity index (χ1v) is 8.08. The first-order chi connectivity index (χ1) is 10.5. The van der Waals surface area contributed by atoms with E-state index in [1.54, 1.807) is 7.11 Å².